The van der Waals surface area contributed by atoms with E-state index in [4.69, 9.17) is 0 Å². The van der Waals surface area contributed by atoms with Crippen LogP contribution < -0.4 is 0 Å². The highest BCUT2D eigenvalue weighted by Gasteiger charge is 2.04. The van der Waals surface area contributed by atoms with Crippen molar-refractivity contribution >= 4 is 15.5 Å². The van der Waals surface area contributed by atoms with Gasteiger partial charge in [-0.25, -0.2) is 0 Å². The summed E-state index contributed by atoms with van der Waals surface area (Å²) in [5, 5.41) is 0. The molecule has 0 aliphatic carbocycles. The van der Waals surface area contributed by atoms with E-state index in [9.17, 15) is 4.11 Å². The summed E-state index contributed by atoms with van der Waals surface area (Å²) in [4.78, 5) is 0. The maximum absolute atomic E-state index is 11.7. The third kappa shape index (κ3) is 0.541. The van der Waals surface area contributed by atoms with E-state index < -0.39 is 9.29 Å². The molecule has 0 unspecified atom stereocenters. The van der Waals surface area contributed by atoms with Crippen LogP contribution in [0.4, 0.5) is 4.11 Å². The monoisotopic (exact) mass is 100 g/mol. The van der Waals surface area contributed by atoms with Gasteiger partial charge in [-0.1, -0.05) is 0 Å². The van der Waals surface area contributed by atoms with Gasteiger partial charge in [0.15, 0.2) is 0 Å². The van der Waals surface area contributed by atoms with Gasteiger partial charge in [0, 0.05) is 6.21 Å². The van der Waals surface area contributed by atoms with Crippen molar-refractivity contribution in [2.75, 3.05) is 0 Å². The van der Waals surface area contributed by atoms with Crippen molar-refractivity contribution in [1.29, 1.82) is 0 Å². The zero-order chi connectivity index (χ0) is 4.41. The molecule has 1 aliphatic heterocycles. The summed E-state index contributed by atoms with van der Waals surface area (Å²) >= 11 is 0. The van der Waals surface area contributed by atoms with E-state index in [0.717, 1.165) is 0 Å². The summed E-state index contributed by atoms with van der Waals surface area (Å²) in [5.41, 5.74) is 1.49. The van der Waals surface area contributed by atoms with Crippen LogP contribution in [-0.4, -0.2) is 15.5 Å². The Bertz CT molecular complexity index is 87.0. The largest absolute Gasteiger partial charge is 0.439 e. The molecule has 0 bridgehead atoms. The first-order chi connectivity index (χ1) is 2.89. The van der Waals surface area contributed by atoms with Crippen LogP contribution in [0.2, 0.25) is 0 Å². The van der Waals surface area contributed by atoms with Crippen LogP contribution in [0.25, 0.3) is 0 Å². The summed E-state index contributed by atoms with van der Waals surface area (Å²) in [5.74, 6) is 0. The number of halogens is 1. The third-order valence-electron chi connectivity index (χ3n) is 0.518. The molecular weight excluding hydrogens is 97.1 g/mol. The lowest BCUT2D eigenvalue weighted by molar-refractivity contribution is 0.848. The second-order valence-corrected chi connectivity index (χ2v) is 2.20. The summed E-state index contributed by atoms with van der Waals surface area (Å²) in [6.45, 7) is 0. The van der Waals surface area contributed by atoms with E-state index in [0.29, 0.717) is 0 Å². The minimum Gasteiger partial charge on any atom is -0.290 e. The molecule has 1 radical (unpaired) electrons. The lowest BCUT2D eigenvalue weighted by Gasteiger charge is -1.72. The molecule has 0 spiro atoms. The minimum atomic E-state index is -1.87. The van der Waals surface area contributed by atoms with Gasteiger partial charge in [-0.3, -0.25) is 8.77 Å². The molecule has 1 rings (SSSR count). The molecule has 0 N–H and O–H groups in total. The SMILES string of the molecule is F[Si]1C=CC=N1. The van der Waals surface area contributed by atoms with Gasteiger partial charge in [0.2, 0.25) is 0 Å². The van der Waals surface area contributed by atoms with E-state index in [1.807, 2.05) is 0 Å². The summed E-state index contributed by atoms with van der Waals surface area (Å²) < 4.78 is 15.2. The normalized spacial score (nSPS) is 20.2. The average Bonchev–Trinajstić information content (AvgIpc) is 1.86. The van der Waals surface area contributed by atoms with Crippen LogP contribution in [0.3, 0.4) is 0 Å². The Morgan fingerprint density at radius 3 is 2.67 bits per heavy atom. The van der Waals surface area contributed by atoms with Crippen molar-refractivity contribution in [3.8, 4) is 0 Å². The Hall–Kier alpha value is -0.443. The first-order valence-corrected chi connectivity index (χ1v) is 3.03. The van der Waals surface area contributed by atoms with Gasteiger partial charge >= 0.3 is 9.29 Å². The summed E-state index contributed by atoms with van der Waals surface area (Å²) in [7, 11) is -1.87. The van der Waals surface area contributed by atoms with Crippen LogP contribution in [0.1, 0.15) is 0 Å². The topological polar surface area (TPSA) is 12.4 Å². The van der Waals surface area contributed by atoms with Gasteiger partial charge in [0.25, 0.3) is 0 Å². The van der Waals surface area contributed by atoms with Gasteiger partial charge in [0.1, 0.15) is 0 Å². The molecule has 31 valence electrons. The molecule has 1 aliphatic rings. The second kappa shape index (κ2) is 1.34. The van der Waals surface area contributed by atoms with Crippen molar-refractivity contribution in [3.63, 3.8) is 0 Å². The summed E-state index contributed by atoms with van der Waals surface area (Å²) in [6, 6.07) is 0. The van der Waals surface area contributed by atoms with Gasteiger partial charge in [0.05, 0.1) is 0 Å². The van der Waals surface area contributed by atoms with Gasteiger partial charge in [-0.15, -0.1) is 0 Å². The van der Waals surface area contributed by atoms with Crippen molar-refractivity contribution in [1.82, 2.24) is 0 Å². The molecule has 1 nitrogen and oxygen atoms in total. The zero-order valence-corrected chi connectivity index (χ0v) is 4.06. The lowest BCUT2D eigenvalue weighted by Crippen LogP contribution is -1.88. The molecule has 0 aromatic rings. The highest BCUT2D eigenvalue weighted by atomic mass is 28.3. The van der Waals surface area contributed by atoms with Crippen LogP contribution >= 0.6 is 0 Å². The maximum Gasteiger partial charge on any atom is 0.439 e. The molecular formula is C3H3FNSi. The van der Waals surface area contributed by atoms with E-state index in [-0.39, 0.29) is 0 Å². The van der Waals surface area contributed by atoms with E-state index in [2.05, 4.69) is 4.66 Å². The molecule has 1 heterocycles. The maximum atomic E-state index is 11.7. The number of hydrogen-bond acceptors (Lipinski definition) is 1. The molecule has 0 fully saturated rings. The molecule has 0 saturated heterocycles. The van der Waals surface area contributed by atoms with E-state index >= 15 is 0 Å². The van der Waals surface area contributed by atoms with Crippen LogP contribution in [0.5, 0.6) is 0 Å². The van der Waals surface area contributed by atoms with Crippen LogP contribution in [0.15, 0.2) is 16.4 Å². The third-order valence-corrected chi connectivity index (χ3v) is 1.38. The second-order valence-electron chi connectivity index (χ2n) is 0.960. The molecule has 0 saturated carbocycles. The van der Waals surface area contributed by atoms with Gasteiger partial charge in [-0.05, 0) is 11.8 Å². The molecule has 0 aromatic heterocycles. The molecule has 0 aromatic carbocycles. The lowest BCUT2D eigenvalue weighted by atomic mass is 10.7. The number of nitrogens with zero attached hydrogens (tertiary/aromatic N) is 1. The number of allylic oxidation sites excluding steroid dienone is 1. The predicted molar refractivity (Wildman–Crippen MR) is 24.5 cm³/mol. The molecule has 0 atom stereocenters. The Morgan fingerprint density at radius 1 is 1.67 bits per heavy atom. The fraction of sp³-hybridized carbons (Fsp3) is 0. The van der Waals surface area contributed by atoms with Gasteiger partial charge < -0.3 is 0 Å². The van der Waals surface area contributed by atoms with Crippen molar-refractivity contribution in [2.45, 2.75) is 0 Å². The Morgan fingerprint density at radius 2 is 2.50 bits per heavy atom. The van der Waals surface area contributed by atoms with Crippen molar-refractivity contribution < 1.29 is 4.11 Å². The van der Waals surface area contributed by atoms with Crippen LogP contribution in [0, 0.1) is 0 Å². The van der Waals surface area contributed by atoms with E-state index in [1.165, 1.54) is 11.9 Å². The Kier molecular flexibility index (Phi) is 0.835. The number of hydrogen-bond donors (Lipinski definition) is 0. The highest BCUT2D eigenvalue weighted by Crippen LogP contribution is 1.92. The number of rotatable bonds is 0. The molecule has 6 heavy (non-hydrogen) atoms. The Balaban J connectivity index is 2.60. The zero-order valence-electron chi connectivity index (χ0n) is 3.06. The first-order valence-electron chi connectivity index (χ1n) is 1.63. The van der Waals surface area contributed by atoms with E-state index in [1.54, 1.807) is 6.08 Å². The van der Waals surface area contributed by atoms with Crippen molar-refractivity contribution in [2.24, 2.45) is 4.66 Å². The smallest absolute Gasteiger partial charge is 0.290 e. The van der Waals surface area contributed by atoms with Crippen molar-refractivity contribution in [3.05, 3.63) is 11.8 Å². The first kappa shape index (κ1) is 3.74. The highest BCUT2D eigenvalue weighted by molar-refractivity contribution is 6.58. The minimum absolute atomic E-state index is 1.49. The molecule has 3 heteroatoms. The standard InChI is InChI=1S/C3H3FNSi/c4-6-3-1-2-5-6/h1-3H. The molecule has 0 amide bonds. The van der Waals surface area contributed by atoms with Gasteiger partial charge in [-0.2, -0.15) is 0 Å². The predicted octanol–water partition coefficient (Wildman–Crippen LogP) is 0.624. The Labute approximate surface area is 37.1 Å². The quantitative estimate of drug-likeness (QED) is 0.312. The van der Waals surface area contributed by atoms with Crippen LogP contribution in [-0.2, 0) is 0 Å². The fourth-order valence-electron chi connectivity index (χ4n) is 0.280. The summed E-state index contributed by atoms with van der Waals surface area (Å²) in [6.07, 6.45) is 3.13. The fourth-order valence-corrected chi connectivity index (χ4v) is 0.839. The average molecular weight is 100 g/mol.